The summed E-state index contributed by atoms with van der Waals surface area (Å²) >= 11 is 0. The molecule has 1 aliphatic rings. The van der Waals surface area contributed by atoms with E-state index in [2.05, 4.69) is 17.6 Å². The third-order valence-electron chi connectivity index (χ3n) is 2.28. The van der Waals surface area contributed by atoms with Crippen LogP contribution in [-0.2, 0) is 0 Å². The predicted molar refractivity (Wildman–Crippen MR) is 52.6 cm³/mol. The Labute approximate surface area is 77.2 Å². The summed E-state index contributed by atoms with van der Waals surface area (Å²) in [5.41, 5.74) is 1.86. The van der Waals surface area contributed by atoms with Gasteiger partial charge in [-0.1, -0.05) is 0 Å². The van der Waals surface area contributed by atoms with Gasteiger partial charge in [-0.05, 0) is 31.5 Å². The first-order chi connectivity index (χ1) is 6.25. The molecular weight excluding hydrogens is 167 g/mol. The van der Waals surface area contributed by atoms with Gasteiger partial charge in [0.25, 0.3) is 0 Å². The molecule has 0 spiro atoms. The van der Waals surface area contributed by atoms with Crippen molar-refractivity contribution in [2.75, 3.05) is 17.2 Å². The summed E-state index contributed by atoms with van der Waals surface area (Å²) in [6.45, 7) is 3.02. The second-order valence-electron chi connectivity index (χ2n) is 3.45. The van der Waals surface area contributed by atoms with Crippen molar-refractivity contribution in [2.45, 2.75) is 19.4 Å². The van der Waals surface area contributed by atoms with Gasteiger partial charge in [0.05, 0.1) is 11.4 Å². The minimum absolute atomic E-state index is 0.192. The summed E-state index contributed by atoms with van der Waals surface area (Å²) in [4.78, 5) is 0. The van der Waals surface area contributed by atoms with Crippen molar-refractivity contribution in [3.63, 3.8) is 0 Å². The maximum Gasteiger partial charge on any atom is 0.125 e. The van der Waals surface area contributed by atoms with Crippen molar-refractivity contribution in [1.29, 1.82) is 0 Å². The molecule has 0 amide bonds. The topological polar surface area (TPSA) is 24.1 Å². The van der Waals surface area contributed by atoms with Crippen molar-refractivity contribution in [3.8, 4) is 0 Å². The fourth-order valence-electron chi connectivity index (χ4n) is 1.55. The second-order valence-corrected chi connectivity index (χ2v) is 3.45. The third kappa shape index (κ3) is 1.74. The number of halogens is 1. The van der Waals surface area contributed by atoms with Gasteiger partial charge in [-0.15, -0.1) is 0 Å². The highest BCUT2D eigenvalue weighted by Gasteiger charge is 2.11. The molecule has 1 aliphatic heterocycles. The van der Waals surface area contributed by atoms with E-state index >= 15 is 0 Å². The first kappa shape index (κ1) is 8.35. The normalized spacial score (nSPS) is 20.9. The average molecular weight is 180 g/mol. The van der Waals surface area contributed by atoms with Crippen LogP contribution >= 0.6 is 0 Å². The van der Waals surface area contributed by atoms with Gasteiger partial charge in [-0.25, -0.2) is 4.39 Å². The van der Waals surface area contributed by atoms with Crippen molar-refractivity contribution in [1.82, 2.24) is 0 Å². The Kier molecular flexibility index (Phi) is 2.08. The van der Waals surface area contributed by atoms with Gasteiger partial charge in [0.1, 0.15) is 5.82 Å². The molecule has 2 N–H and O–H groups in total. The van der Waals surface area contributed by atoms with Gasteiger partial charge in [-0.3, -0.25) is 0 Å². The zero-order chi connectivity index (χ0) is 9.26. The maximum absolute atomic E-state index is 12.9. The summed E-state index contributed by atoms with van der Waals surface area (Å²) < 4.78 is 12.9. The fraction of sp³-hybridized carbons (Fsp3) is 0.400. The highest BCUT2D eigenvalue weighted by Crippen LogP contribution is 2.25. The van der Waals surface area contributed by atoms with Gasteiger partial charge in [-0.2, -0.15) is 0 Å². The number of benzene rings is 1. The van der Waals surface area contributed by atoms with Crippen LogP contribution in [0, 0.1) is 5.82 Å². The monoisotopic (exact) mass is 180 g/mol. The van der Waals surface area contributed by atoms with Crippen LogP contribution in [0.3, 0.4) is 0 Å². The molecule has 70 valence electrons. The Bertz CT molecular complexity index is 312. The SMILES string of the molecule is CC1CCNc2cc(F)ccc2N1. The molecule has 0 fully saturated rings. The van der Waals surface area contributed by atoms with Crippen LogP contribution in [0.15, 0.2) is 18.2 Å². The Balaban J connectivity index is 2.34. The standard InChI is InChI=1S/C10H13FN2/c1-7-4-5-12-10-6-8(11)2-3-9(10)13-7/h2-3,6-7,12-13H,4-5H2,1H3. The zero-order valence-corrected chi connectivity index (χ0v) is 7.60. The molecule has 2 rings (SSSR count). The molecule has 1 aromatic carbocycles. The summed E-state index contributed by atoms with van der Waals surface area (Å²) in [6, 6.07) is 5.23. The number of hydrogen-bond donors (Lipinski definition) is 2. The zero-order valence-electron chi connectivity index (χ0n) is 7.60. The van der Waals surface area contributed by atoms with Crippen molar-refractivity contribution < 1.29 is 4.39 Å². The van der Waals surface area contributed by atoms with E-state index in [0.29, 0.717) is 6.04 Å². The molecule has 1 aromatic rings. The quantitative estimate of drug-likeness (QED) is 0.640. The first-order valence-electron chi connectivity index (χ1n) is 4.55. The van der Waals surface area contributed by atoms with E-state index in [4.69, 9.17) is 0 Å². The summed E-state index contributed by atoms with van der Waals surface area (Å²) in [5, 5.41) is 6.51. The second kappa shape index (κ2) is 3.24. The smallest absolute Gasteiger partial charge is 0.125 e. The van der Waals surface area contributed by atoms with Crippen LogP contribution in [0.1, 0.15) is 13.3 Å². The van der Waals surface area contributed by atoms with E-state index in [1.165, 1.54) is 12.1 Å². The number of anilines is 2. The van der Waals surface area contributed by atoms with Gasteiger partial charge in [0.2, 0.25) is 0 Å². The average Bonchev–Trinajstić information content (AvgIpc) is 2.25. The van der Waals surface area contributed by atoms with Crippen LogP contribution < -0.4 is 10.6 Å². The lowest BCUT2D eigenvalue weighted by Gasteiger charge is -2.11. The van der Waals surface area contributed by atoms with E-state index < -0.39 is 0 Å². The maximum atomic E-state index is 12.9. The molecule has 13 heavy (non-hydrogen) atoms. The van der Waals surface area contributed by atoms with E-state index in [1.807, 2.05) is 0 Å². The van der Waals surface area contributed by atoms with Crippen LogP contribution in [-0.4, -0.2) is 12.6 Å². The predicted octanol–water partition coefficient (Wildman–Crippen LogP) is 2.44. The molecule has 1 atom stereocenters. The Hall–Kier alpha value is -1.25. The van der Waals surface area contributed by atoms with Crippen LogP contribution in [0.4, 0.5) is 15.8 Å². The molecule has 0 saturated heterocycles. The van der Waals surface area contributed by atoms with E-state index in [9.17, 15) is 4.39 Å². The molecule has 0 radical (unpaired) electrons. The molecule has 0 aromatic heterocycles. The highest BCUT2D eigenvalue weighted by atomic mass is 19.1. The summed E-state index contributed by atoms with van der Waals surface area (Å²) in [5.74, 6) is -0.192. The molecular formula is C10H13FN2. The summed E-state index contributed by atoms with van der Waals surface area (Å²) in [7, 11) is 0. The number of rotatable bonds is 0. The van der Waals surface area contributed by atoms with Crippen molar-refractivity contribution in [3.05, 3.63) is 24.0 Å². The molecule has 1 unspecified atom stereocenters. The third-order valence-corrected chi connectivity index (χ3v) is 2.28. The number of fused-ring (bicyclic) bond motifs is 1. The fourth-order valence-corrected chi connectivity index (χ4v) is 1.55. The van der Waals surface area contributed by atoms with Gasteiger partial charge < -0.3 is 10.6 Å². The van der Waals surface area contributed by atoms with Gasteiger partial charge >= 0.3 is 0 Å². The Morgan fingerprint density at radius 1 is 1.38 bits per heavy atom. The Morgan fingerprint density at radius 2 is 2.23 bits per heavy atom. The largest absolute Gasteiger partial charge is 0.383 e. The van der Waals surface area contributed by atoms with Gasteiger partial charge in [0.15, 0.2) is 0 Å². The van der Waals surface area contributed by atoms with E-state index in [-0.39, 0.29) is 5.82 Å². The minimum atomic E-state index is -0.192. The lowest BCUT2D eigenvalue weighted by Crippen LogP contribution is -2.14. The number of nitrogens with one attached hydrogen (secondary N) is 2. The molecule has 2 nitrogen and oxygen atoms in total. The van der Waals surface area contributed by atoms with Crippen molar-refractivity contribution >= 4 is 11.4 Å². The first-order valence-corrected chi connectivity index (χ1v) is 4.55. The minimum Gasteiger partial charge on any atom is -0.383 e. The van der Waals surface area contributed by atoms with E-state index in [1.54, 1.807) is 6.07 Å². The molecule has 0 bridgehead atoms. The molecule has 0 saturated carbocycles. The van der Waals surface area contributed by atoms with Crippen LogP contribution in [0.25, 0.3) is 0 Å². The van der Waals surface area contributed by atoms with Gasteiger partial charge in [0, 0.05) is 12.6 Å². The molecule has 1 heterocycles. The highest BCUT2D eigenvalue weighted by molar-refractivity contribution is 5.69. The van der Waals surface area contributed by atoms with Crippen LogP contribution in [0.2, 0.25) is 0 Å². The van der Waals surface area contributed by atoms with Crippen molar-refractivity contribution in [2.24, 2.45) is 0 Å². The molecule has 3 heteroatoms. The lowest BCUT2D eigenvalue weighted by atomic mass is 10.2. The lowest BCUT2D eigenvalue weighted by molar-refractivity contribution is 0.628. The van der Waals surface area contributed by atoms with Crippen LogP contribution in [0.5, 0.6) is 0 Å². The molecule has 0 aliphatic carbocycles. The summed E-state index contributed by atoms with van der Waals surface area (Å²) in [6.07, 6.45) is 1.05. The van der Waals surface area contributed by atoms with E-state index in [0.717, 1.165) is 24.3 Å². The Morgan fingerprint density at radius 3 is 3.08 bits per heavy atom. The number of hydrogen-bond acceptors (Lipinski definition) is 2.